The first-order valence-electron chi connectivity index (χ1n) is 15.2. The van der Waals surface area contributed by atoms with Gasteiger partial charge in [-0.15, -0.1) is 0 Å². The van der Waals surface area contributed by atoms with Crippen LogP contribution in [0, 0.1) is 18.6 Å². The minimum atomic E-state index is -1.61. The summed E-state index contributed by atoms with van der Waals surface area (Å²) in [5, 5.41) is 27.1. The summed E-state index contributed by atoms with van der Waals surface area (Å²) >= 11 is 14.3. The first-order chi connectivity index (χ1) is 24.6. The van der Waals surface area contributed by atoms with E-state index in [1.54, 1.807) is 12.1 Å². The zero-order valence-corrected chi connectivity index (χ0v) is 30.4. The summed E-state index contributed by atoms with van der Waals surface area (Å²) in [6, 6.07) is 15.3. The molecule has 3 atom stereocenters. The number of aryl methyl sites for hydroxylation is 3. The van der Waals surface area contributed by atoms with Gasteiger partial charge in [0.05, 0.1) is 0 Å². The van der Waals surface area contributed by atoms with E-state index >= 15 is 0 Å². The predicted molar refractivity (Wildman–Crippen MR) is 183 cm³/mol. The summed E-state index contributed by atoms with van der Waals surface area (Å²) in [6.45, 7) is 5.98. The molecule has 52 heavy (non-hydrogen) atoms. The number of esters is 3. The largest absolute Gasteiger partial charge is 0.448 e. The first kappa shape index (κ1) is 40.3. The minimum Gasteiger partial charge on any atom is -0.448 e. The van der Waals surface area contributed by atoms with Crippen molar-refractivity contribution in [2.24, 2.45) is 0 Å². The van der Waals surface area contributed by atoms with Crippen LogP contribution in [0.3, 0.4) is 0 Å². The molecular weight excluding hydrogens is 801 g/mol. The minimum absolute atomic E-state index is 0.0168. The molecule has 3 aromatic carbocycles. The molecule has 6 rings (SSSR count). The van der Waals surface area contributed by atoms with Gasteiger partial charge in [-0.2, -0.15) is 0 Å². The van der Waals surface area contributed by atoms with Crippen LogP contribution in [-0.4, -0.2) is 52.1 Å². The van der Waals surface area contributed by atoms with Crippen molar-refractivity contribution in [2.45, 2.75) is 52.5 Å². The van der Waals surface area contributed by atoms with Crippen LogP contribution in [0.5, 0.6) is 17.2 Å². The van der Waals surface area contributed by atoms with E-state index in [2.05, 4.69) is 30.1 Å². The fraction of sp³-hybridized carbons (Fsp3) is 0.229. The standard InChI is InChI=1S/C14H15BrO4.C11H9ClO4.C10H5ClF2O4/c1-3-8-6-5-7-9(4-2)11(8)18-12-10(15)13(16)19-14(12)17;1-6-2-4-7(5-3-6)15-9-8(12)10(13)16-11(9)14;11-7-8(10(15)17-9(7)14)16-6-2-4(12)1-5(13)3-6/h5-7,13,16H,3-4H2,1-2H3;2-5,10,13H,1H3;1-3,9,14H. The van der Waals surface area contributed by atoms with Crippen molar-refractivity contribution < 1.29 is 66.9 Å². The number of halogens is 5. The maximum atomic E-state index is 12.8. The molecule has 0 saturated carbocycles. The molecule has 17 heteroatoms. The van der Waals surface area contributed by atoms with E-state index in [0.29, 0.717) is 17.6 Å². The van der Waals surface area contributed by atoms with Gasteiger partial charge in [-0.25, -0.2) is 23.2 Å². The third-order valence-corrected chi connectivity index (χ3v) is 8.42. The molecule has 0 saturated heterocycles. The Kier molecular flexibility index (Phi) is 13.8. The van der Waals surface area contributed by atoms with Gasteiger partial charge < -0.3 is 43.7 Å². The Labute approximate surface area is 313 Å². The molecule has 3 N–H and O–H groups in total. The topological polar surface area (TPSA) is 167 Å². The third kappa shape index (κ3) is 9.87. The van der Waals surface area contributed by atoms with E-state index in [4.69, 9.17) is 47.6 Å². The number of rotatable bonds is 8. The fourth-order valence-corrected chi connectivity index (χ4v) is 5.03. The van der Waals surface area contributed by atoms with Gasteiger partial charge in [0.15, 0.2) is 0 Å². The number of hydrogen-bond acceptors (Lipinski definition) is 12. The van der Waals surface area contributed by atoms with Gasteiger partial charge in [-0.3, -0.25) is 0 Å². The molecule has 12 nitrogen and oxygen atoms in total. The zero-order valence-electron chi connectivity index (χ0n) is 27.3. The van der Waals surface area contributed by atoms with E-state index in [1.807, 2.05) is 51.1 Å². The van der Waals surface area contributed by atoms with Crippen molar-refractivity contribution in [1.82, 2.24) is 0 Å². The van der Waals surface area contributed by atoms with Crippen molar-refractivity contribution in [3.63, 3.8) is 0 Å². The Morgan fingerprint density at radius 1 is 0.673 bits per heavy atom. The van der Waals surface area contributed by atoms with Gasteiger partial charge in [-0.05, 0) is 59.0 Å². The lowest BCUT2D eigenvalue weighted by molar-refractivity contribution is -0.154. The summed E-state index contributed by atoms with van der Waals surface area (Å²) in [6.07, 6.45) is -2.72. The molecule has 0 spiro atoms. The van der Waals surface area contributed by atoms with Crippen LogP contribution in [0.25, 0.3) is 0 Å². The third-order valence-electron chi connectivity index (χ3n) is 6.95. The number of cyclic esters (lactones) is 3. The second-order valence-corrected chi connectivity index (χ2v) is 12.3. The normalized spacial score (nSPS) is 19.4. The maximum Gasteiger partial charge on any atom is 0.378 e. The van der Waals surface area contributed by atoms with E-state index < -0.39 is 54.2 Å². The Bertz CT molecular complexity index is 1910. The smallest absolute Gasteiger partial charge is 0.378 e. The second kappa shape index (κ2) is 17.8. The summed E-state index contributed by atoms with van der Waals surface area (Å²) in [4.78, 5) is 34.0. The van der Waals surface area contributed by atoms with E-state index in [0.717, 1.165) is 41.7 Å². The van der Waals surface area contributed by atoms with Crippen molar-refractivity contribution in [2.75, 3.05) is 0 Å². The number of hydrogen-bond donors (Lipinski definition) is 3. The highest BCUT2D eigenvalue weighted by atomic mass is 79.9. The highest BCUT2D eigenvalue weighted by Gasteiger charge is 2.36. The van der Waals surface area contributed by atoms with Crippen LogP contribution in [0.2, 0.25) is 0 Å². The molecule has 0 aliphatic carbocycles. The molecule has 3 unspecified atom stereocenters. The Hall–Kier alpha value is -4.51. The van der Waals surface area contributed by atoms with Gasteiger partial charge in [0.1, 0.15) is 43.4 Å². The van der Waals surface area contributed by atoms with Crippen LogP contribution in [0.4, 0.5) is 8.78 Å². The highest BCUT2D eigenvalue weighted by Crippen LogP contribution is 2.33. The lowest BCUT2D eigenvalue weighted by Crippen LogP contribution is -2.10. The zero-order chi connectivity index (χ0) is 38.3. The number of aliphatic hydroxyl groups is 3. The van der Waals surface area contributed by atoms with E-state index in [1.165, 1.54) is 0 Å². The molecular formula is C35H29BrCl2F2O12. The Balaban J connectivity index is 0.000000175. The van der Waals surface area contributed by atoms with Crippen LogP contribution in [-0.2, 0) is 41.4 Å². The van der Waals surface area contributed by atoms with Crippen molar-refractivity contribution in [3.05, 3.63) is 121 Å². The number of ether oxygens (including phenoxy) is 6. The molecule has 3 heterocycles. The SMILES string of the molecule is CCc1cccc(CC)c1OC1=C(Br)C(O)OC1=O.Cc1ccc(OC2=C(Cl)C(O)OC2=O)cc1.O=C1OC(O)C(Cl)=C1Oc1cc(F)cc(F)c1. The number of carbonyl (C=O) groups excluding carboxylic acids is 3. The fourth-order valence-electron chi connectivity index (χ4n) is 4.38. The van der Waals surface area contributed by atoms with Crippen LogP contribution in [0.1, 0.15) is 30.5 Å². The summed E-state index contributed by atoms with van der Waals surface area (Å²) < 4.78 is 55.2. The summed E-state index contributed by atoms with van der Waals surface area (Å²) in [5.41, 5.74) is 3.10. The number of aliphatic hydroxyl groups excluding tert-OH is 3. The van der Waals surface area contributed by atoms with Crippen molar-refractivity contribution in [3.8, 4) is 17.2 Å². The Morgan fingerprint density at radius 2 is 1.12 bits per heavy atom. The lowest BCUT2D eigenvalue weighted by Gasteiger charge is -2.13. The molecule has 276 valence electrons. The molecule has 3 aliphatic rings. The molecule has 0 aromatic heterocycles. The highest BCUT2D eigenvalue weighted by molar-refractivity contribution is 9.11. The quantitative estimate of drug-likeness (QED) is 0.178. The van der Waals surface area contributed by atoms with Gasteiger partial charge >= 0.3 is 17.9 Å². The summed E-state index contributed by atoms with van der Waals surface area (Å²) in [5.74, 6) is -3.95. The first-order valence-corrected chi connectivity index (χ1v) is 16.7. The van der Waals surface area contributed by atoms with Gasteiger partial charge in [0, 0.05) is 18.2 Å². The predicted octanol–water partition coefficient (Wildman–Crippen LogP) is 6.04. The number of benzene rings is 3. The van der Waals surface area contributed by atoms with Crippen molar-refractivity contribution in [1.29, 1.82) is 0 Å². The second-order valence-electron chi connectivity index (χ2n) is 10.6. The molecule has 3 aromatic rings. The van der Waals surface area contributed by atoms with Gasteiger partial charge in [0.2, 0.25) is 36.1 Å². The van der Waals surface area contributed by atoms with Gasteiger partial charge in [-0.1, -0.05) is 72.9 Å². The lowest BCUT2D eigenvalue weighted by atomic mass is 10.0. The summed E-state index contributed by atoms with van der Waals surface area (Å²) in [7, 11) is 0. The molecule has 0 radical (unpaired) electrons. The maximum absolute atomic E-state index is 12.8. The van der Waals surface area contributed by atoms with E-state index in [-0.39, 0.29) is 31.8 Å². The molecule has 3 aliphatic heterocycles. The molecule has 0 fully saturated rings. The van der Waals surface area contributed by atoms with Crippen LogP contribution >= 0.6 is 39.1 Å². The monoisotopic (exact) mass is 828 g/mol. The number of carbonyl (C=O) groups is 3. The number of para-hydroxylation sites is 1. The van der Waals surface area contributed by atoms with Gasteiger partial charge in [0.25, 0.3) is 0 Å². The average Bonchev–Trinajstić information content (AvgIpc) is 3.60. The molecule has 0 bridgehead atoms. The van der Waals surface area contributed by atoms with Crippen LogP contribution in [0.15, 0.2) is 92.5 Å². The van der Waals surface area contributed by atoms with Crippen molar-refractivity contribution >= 4 is 57.0 Å². The average molecular weight is 830 g/mol. The molecule has 0 amide bonds. The Morgan fingerprint density at radius 3 is 1.52 bits per heavy atom. The van der Waals surface area contributed by atoms with E-state index in [9.17, 15) is 28.3 Å². The van der Waals surface area contributed by atoms with Crippen LogP contribution < -0.4 is 14.2 Å².